The average molecular weight is 247 g/mol. The number of nitrogens with zero attached hydrogens (tertiary/aromatic N) is 2. The predicted molar refractivity (Wildman–Crippen MR) is 66.8 cm³/mol. The monoisotopic (exact) mass is 247 g/mol. The van der Waals surface area contributed by atoms with E-state index in [4.69, 9.17) is 12.7 Å². The highest BCUT2D eigenvalue weighted by Crippen LogP contribution is 2.47. The summed E-state index contributed by atoms with van der Waals surface area (Å²) in [5, 5.41) is 2.81. The van der Waals surface area contributed by atoms with Crippen molar-refractivity contribution >= 4 is 19.3 Å². The van der Waals surface area contributed by atoms with Gasteiger partial charge in [-0.3, -0.25) is 0 Å². The largest absolute Gasteiger partial charge is 0.481 e. The third-order valence-electron chi connectivity index (χ3n) is 4.67. The summed E-state index contributed by atoms with van der Waals surface area (Å²) < 4.78 is 6.92. The van der Waals surface area contributed by atoms with E-state index in [-0.39, 0.29) is 0 Å². The minimum absolute atomic E-state index is 0.368. The van der Waals surface area contributed by atoms with E-state index >= 15 is 0 Å². The Morgan fingerprint density at radius 1 is 1.29 bits per heavy atom. The Hall–Kier alpha value is -0.545. The zero-order chi connectivity index (χ0) is 11.5. The minimum Gasteiger partial charge on any atom is -0.466 e. The van der Waals surface area contributed by atoms with Crippen molar-refractivity contribution in [2.45, 2.75) is 18.9 Å². The van der Waals surface area contributed by atoms with Crippen molar-refractivity contribution in [3.63, 3.8) is 0 Å². The first-order chi connectivity index (χ1) is 8.22. The second kappa shape index (κ2) is 3.48. The number of thiazole rings is 1. The second-order valence-corrected chi connectivity index (χ2v) is 6.86. The van der Waals surface area contributed by atoms with Crippen molar-refractivity contribution in [3.8, 4) is 5.19 Å². The molecule has 1 aliphatic carbocycles. The van der Waals surface area contributed by atoms with Crippen LogP contribution >= 0.6 is 11.3 Å². The summed E-state index contributed by atoms with van der Waals surface area (Å²) in [7, 11) is 6.43. The van der Waals surface area contributed by atoms with Gasteiger partial charge >= 0.3 is 7.98 Å². The molecule has 2 unspecified atom stereocenters. The maximum absolute atomic E-state index is 6.43. The van der Waals surface area contributed by atoms with Crippen molar-refractivity contribution in [3.05, 3.63) is 11.6 Å². The number of quaternary nitrogens is 1. The van der Waals surface area contributed by atoms with E-state index in [9.17, 15) is 0 Å². The Bertz CT molecular complexity index is 408. The summed E-state index contributed by atoms with van der Waals surface area (Å²) in [6, 6.07) is 0. The second-order valence-electron chi connectivity index (χ2n) is 6.00. The topological polar surface area (TPSA) is 22.1 Å². The zero-order valence-corrected chi connectivity index (χ0v) is 10.6. The van der Waals surface area contributed by atoms with Crippen LogP contribution < -0.4 is 4.74 Å². The van der Waals surface area contributed by atoms with E-state index in [2.05, 4.69) is 4.98 Å². The van der Waals surface area contributed by atoms with Crippen LogP contribution in [0.25, 0.3) is 0 Å². The fourth-order valence-corrected chi connectivity index (χ4v) is 4.89. The third kappa shape index (κ3) is 1.63. The van der Waals surface area contributed by atoms with Crippen molar-refractivity contribution in [1.29, 1.82) is 0 Å². The summed E-state index contributed by atoms with van der Waals surface area (Å²) in [6.07, 6.45) is 4.80. The molecule has 3 aliphatic heterocycles. The molecule has 17 heavy (non-hydrogen) atoms. The van der Waals surface area contributed by atoms with Gasteiger partial charge in [0.05, 0.1) is 19.6 Å². The standard InChI is InChI=1S/C12H16BN2OS/c13-15-5-8-3-9(6-15)11(10(4-8)7-15)16-12-14-1-2-17-12/h1-2,8-11H,3-7H2/q+1. The molecule has 0 amide bonds. The Balaban J connectivity index is 1.58. The number of hydrogen-bond acceptors (Lipinski definition) is 3. The third-order valence-corrected chi connectivity index (χ3v) is 5.33. The van der Waals surface area contributed by atoms with Crippen LogP contribution in [0.2, 0.25) is 0 Å². The van der Waals surface area contributed by atoms with E-state index in [0.717, 1.165) is 28.6 Å². The molecule has 2 radical (unpaired) electrons. The molecular weight excluding hydrogens is 231 g/mol. The summed E-state index contributed by atoms with van der Waals surface area (Å²) >= 11 is 1.60. The van der Waals surface area contributed by atoms with Crippen molar-refractivity contribution in [2.75, 3.05) is 19.6 Å². The van der Waals surface area contributed by atoms with Crippen molar-refractivity contribution in [2.24, 2.45) is 17.8 Å². The highest BCUT2D eigenvalue weighted by molar-refractivity contribution is 7.11. The maximum Gasteiger partial charge on any atom is 0.481 e. The molecule has 1 aromatic heterocycles. The van der Waals surface area contributed by atoms with Gasteiger partial charge in [-0.2, -0.15) is 0 Å². The summed E-state index contributed by atoms with van der Waals surface area (Å²) in [5.74, 6) is 2.14. The lowest BCUT2D eigenvalue weighted by Crippen LogP contribution is -2.70. The first-order valence-corrected chi connectivity index (χ1v) is 7.31. The molecule has 4 bridgehead atoms. The Labute approximate surface area is 107 Å². The summed E-state index contributed by atoms with van der Waals surface area (Å²) in [4.78, 5) is 4.25. The van der Waals surface area contributed by atoms with Crippen LogP contribution in [0.1, 0.15) is 12.8 Å². The summed E-state index contributed by atoms with van der Waals surface area (Å²) in [6.45, 7) is 3.39. The Kier molecular flexibility index (Phi) is 2.13. The fourth-order valence-electron chi connectivity index (χ4n) is 4.36. The lowest BCUT2D eigenvalue weighted by atomic mass is 9.63. The van der Waals surface area contributed by atoms with Gasteiger partial charge in [0.2, 0.25) is 0 Å². The van der Waals surface area contributed by atoms with Crippen LogP contribution in [0.4, 0.5) is 0 Å². The molecule has 4 heterocycles. The van der Waals surface area contributed by atoms with E-state index in [1.54, 1.807) is 11.3 Å². The van der Waals surface area contributed by atoms with Gasteiger partial charge in [0, 0.05) is 29.3 Å². The first-order valence-electron chi connectivity index (χ1n) is 6.43. The van der Waals surface area contributed by atoms with Gasteiger partial charge in [0.25, 0.3) is 5.19 Å². The average Bonchev–Trinajstić information content (AvgIpc) is 2.73. The fraction of sp³-hybridized carbons (Fsp3) is 0.750. The van der Waals surface area contributed by atoms with Gasteiger partial charge in [-0.25, -0.2) is 4.98 Å². The molecule has 4 fully saturated rings. The highest BCUT2D eigenvalue weighted by atomic mass is 32.1. The SMILES string of the molecule is [B][N+]12CC3CC(C1)C(Oc1nccs1)C(C3)C2. The molecule has 3 saturated heterocycles. The van der Waals surface area contributed by atoms with Crippen molar-refractivity contribution < 1.29 is 9.13 Å². The number of ether oxygens (including phenoxy) is 1. The van der Waals surface area contributed by atoms with Gasteiger partial charge in [0.1, 0.15) is 6.10 Å². The molecule has 2 atom stereocenters. The van der Waals surface area contributed by atoms with Crippen LogP contribution in [0.3, 0.4) is 0 Å². The molecule has 1 aromatic rings. The molecular formula is C12H16BN2OS+. The van der Waals surface area contributed by atoms with Crippen molar-refractivity contribution in [1.82, 2.24) is 4.98 Å². The lowest BCUT2D eigenvalue weighted by Gasteiger charge is -2.59. The summed E-state index contributed by atoms with van der Waals surface area (Å²) in [5.41, 5.74) is 0. The van der Waals surface area contributed by atoms with E-state index in [1.165, 1.54) is 19.4 Å². The Morgan fingerprint density at radius 3 is 2.65 bits per heavy atom. The normalized spacial score (nSPS) is 47.3. The zero-order valence-electron chi connectivity index (χ0n) is 9.79. The Morgan fingerprint density at radius 2 is 2.06 bits per heavy atom. The lowest BCUT2D eigenvalue weighted by molar-refractivity contribution is -0.852. The molecule has 4 aliphatic rings. The van der Waals surface area contributed by atoms with Gasteiger partial charge in [-0.05, 0) is 12.8 Å². The first kappa shape index (κ1) is 10.4. The molecule has 3 nitrogen and oxygen atoms in total. The van der Waals surface area contributed by atoms with Crippen LogP contribution in [0, 0.1) is 17.8 Å². The molecule has 0 aromatic carbocycles. The number of hydrogen-bond donors (Lipinski definition) is 0. The molecule has 5 rings (SSSR count). The predicted octanol–water partition coefficient (Wildman–Crippen LogP) is 1.46. The maximum atomic E-state index is 6.43. The van der Waals surface area contributed by atoms with Gasteiger partial charge in [0.15, 0.2) is 0 Å². The van der Waals surface area contributed by atoms with Crippen LogP contribution in [-0.2, 0) is 0 Å². The molecule has 88 valence electrons. The highest BCUT2D eigenvalue weighted by Gasteiger charge is 2.55. The molecule has 0 N–H and O–H groups in total. The number of piperidine rings is 3. The smallest absolute Gasteiger partial charge is 0.466 e. The van der Waals surface area contributed by atoms with Crippen LogP contribution in [-0.4, -0.2) is 43.1 Å². The van der Waals surface area contributed by atoms with E-state index in [1.807, 2.05) is 11.6 Å². The van der Waals surface area contributed by atoms with E-state index in [0.29, 0.717) is 17.9 Å². The quantitative estimate of drug-likeness (QED) is 0.738. The van der Waals surface area contributed by atoms with E-state index < -0.39 is 0 Å². The molecule has 1 saturated carbocycles. The minimum atomic E-state index is 0.368. The molecule has 0 spiro atoms. The van der Waals surface area contributed by atoms with Gasteiger partial charge in [-0.15, -0.1) is 0 Å². The molecule has 5 heteroatoms. The number of rotatable bonds is 2. The van der Waals surface area contributed by atoms with Crippen LogP contribution in [0.15, 0.2) is 11.6 Å². The van der Waals surface area contributed by atoms with Gasteiger partial charge in [-0.1, -0.05) is 11.3 Å². The van der Waals surface area contributed by atoms with Crippen LogP contribution in [0.5, 0.6) is 5.19 Å². The van der Waals surface area contributed by atoms with Gasteiger partial charge < -0.3 is 9.13 Å². The number of aromatic nitrogens is 1.